The van der Waals surface area contributed by atoms with E-state index in [1.807, 2.05) is 0 Å². The second-order valence-electron chi connectivity index (χ2n) is 5.98. The third-order valence-electron chi connectivity index (χ3n) is 3.90. The Labute approximate surface area is 93.4 Å². The maximum Gasteiger partial charge on any atom is 0.308 e. The zero-order chi connectivity index (χ0) is 11.6. The van der Waals surface area contributed by atoms with Crippen molar-refractivity contribution in [3.63, 3.8) is 0 Å². The second kappa shape index (κ2) is 4.54. The van der Waals surface area contributed by atoms with Gasteiger partial charge in [-0.25, -0.2) is 0 Å². The van der Waals surface area contributed by atoms with E-state index < -0.39 is 0 Å². The van der Waals surface area contributed by atoms with Crippen LogP contribution >= 0.6 is 0 Å². The molecule has 0 aromatic heterocycles. The van der Waals surface area contributed by atoms with E-state index in [1.54, 1.807) is 0 Å². The highest BCUT2D eigenvalue weighted by Crippen LogP contribution is 2.42. The lowest BCUT2D eigenvalue weighted by atomic mass is 9.66. The van der Waals surface area contributed by atoms with E-state index in [0.717, 1.165) is 25.2 Å². The highest BCUT2D eigenvalue weighted by Gasteiger charge is 2.37. The van der Waals surface area contributed by atoms with Crippen molar-refractivity contribution in [2.75, 3.05) is 7.11 Å². The number of carbonyl (C=O) groups is 1. The smallest absolute Gasteiger partial charge is 0.308 e. The Morgan fingerprint density at radius 3 is 2.27 bits per heavy atom. The molecule has 0 amide bonds. The summed E-state index contributed by atoms with van der Waals surface area (Å²) in [5, 5.41) is 0. The Morgan fingerprint density at radius 2 is 1.87 bits per heavy atom. The van der Waals surface area contributed by atoms with Gasteiger partial charge in [-0.05, 0) is 36.5 Å². The van der Waals surface area contributed by atoms with Crippen molar-refractivity contribution >= 4 is 5.97 Å². The van der Waals surface area contributed by atoms with E-state index in [0.29, 0.717) is 11.3 Å². The van der Waals surface area contributed by atoms with Crippen LogP contribution in [0, 0.1) is 23.2 Å². The Balaban J connectivity index is 2.59. The summed E-state index contributed by atoms with van der Waals surface area (Å²) < 4.78 is 4.84. The zero-order valence-electron chi connectivity index (χ0n) is 10.7. The van der Waals surface area contributed by atoms with Crippen LogP contribution in [-0.4, -0.2) is 13.1 Å². The monoisotopic (exact) mass is 212 g/mol. The van der Waals surface area contributed by atoms with Crippen LogP contribution in [0.5, 0.6) is 0 Å². The predicted molar refractivity (Wildman–Crippen MR) is 61.5 cm³/mol. The lowest BCUT2D eigenvalue weighted by molar-refractivity contribution is -0.149. The summed E-state index contributed by atoms with van der Waals surface area (Å²) in [4.78, 5) is 11.5. The number of carbonyl (C=O) groups excluding carboxylic acids is 1. The van der Waals surface area contributed by atoms with Crippen LogP contribution in [0.2, 0.25) is 0 Å². The van der Waals surface area contributed by atoms with Crippen LogP contribution in [-0.2, 0) is 9.53 Å². The minimum absolute atomic E-state index is 0.0186. The molecule has 2 heteroatoms. The molecular formula is C13H24O2. The first-order valence-electron chi connectivity index (χ1n) is 5.94. The van der Waals surface area contributed by atoms with Crippen LogP contribution in [0.25, 0.3) is 0 Å². The number of hydrogen-bond donors (Lipinski definition) is 0. The molecule has 1 aliphatic carbocycles. The van der Waals surface area contributed by atoms with Crippen LogP contribution in [0.1, 0.15) is 47.0 Å². The van der Waals surface area contributed by atoms with Gasteiger partial charge in [0.15, 0.2) is 0 Å². The molecule has 0 unspecified atom stereocenters. The Morgan fingerprint density at radius 1 is 1.27 bits per heavy atom. The standard InChI is InChI=1S/C13H24O2/c1-9-8-10(13(2,3)4)6-7-11(9)12(14)15-5/h9-11H,6-8H2,1-5H3/t9-,10+,11-/m1/s1. The van der Waals surface area contributed by atoms with E-state index in [4.69, 9.17) is 4.74 Å². The summed E-state index contributed by atoms with van der Waals surface area (Å²) in [7, 11) is 1.49. The molecule has 0 aliphatic heterocycles. The first kappa shape index (κ1) is 12.5. The van der Waals surface area contributed by atoms with Crippen LogP contribution in [0.3, 0.4) is 0 Å². The van der Waals surface area contributed by atoms with Crippen molar-refractivity contribution in [2.24, 2.45) is 23.2 Å². The highest BCUT2D eigenvalue weighted by atomic mass is 16.5. The molecule has 0 radical (unpaired) electrons. The van der Waals surface area contributed by atoms with Gasteiger partial charge in [0.05, 0.1) is 13.0 Å². The third kappa shape index (κ3) is 2.96. The predicted octanol–water partition coefficient (Wildman–Crippen LogP) is 3.26. The maximum atomic E-state index is 11.5. The van der Waals surface area contributed by atoms with Gasteiger partial charge in [0.1, 0.15) is 0 Å². The molecule has 2 nitrogen and oxygen atoms in total. The molecule has 15 heavy (non-hydrogen) atoms. The SMILES string of the molecule is COC(=O)[C@@H]1CC[C@H](C(C)(C)C)C[C@H]1C. The second-order valence-corrected chi connectivity index (χ2v) is 5.98. The van der Waals surface area contributed by atoms with Crippen molar-refractivity contribution in [1.82, 2.24) is 0 Å². The Hall–Kier alpha value is -0.530. The molecule has 0 bridgehead atoms. The van der Waals surface area contributed by atoms with E-state index >= 15 is 0 Å². The van der Waals surface area contributed by atoms with Crippen molar-refractivity contribution in [3.05, 3.63) is 0 Å². The minimum atomic E-state index is -0.0186. The van der Waals surface area contributed by atoms with Gasteiger partial charge in [-0.3, -0.25) is 4.79 Å². The molecule has 0 heterocycles. The summed E-state index contributed by atoms with van der Waals surface area (Å²) in [6, 6.07) is 0. The van der Waals surface area contributed by atoms with Crippen molar-refractivity contribution in [3.8, 4) is 0 Å². The summed E-state index contributed by atoms with van der Waals surface area (Å²) in [5.41, 5.74) is 0.370. The summed E-state index contributed by atoms with van der Waals surface area (Å²) in [6.07, 6.45) is 3.31. The van der Waals surface area contributed by atoms with Gasteiger partial charge >= 0.3 is 5.97 Å². The van der Waals surface area contributed by atoms with E-state index in [1.165, 1.54) is 7.11 Å². The topological polar surface area (TPSA) is 26.3 Å². The summed E-state index contributed by atoms with van der Waals surface area (Å²) >= 11 is 0. The summed E-state index contributed by atoms with van der Waals surface area (Å²) in [6.45, 7) is 9.06. The van der Waals surface area contributed by atoms with E-state index in [2.05, 4.69) is 27.7 Å². The molecule has 0 saturated heterocycles. The quantitative estimate of drug-likeness (QED) is 0.624. The number of ether oxygens (including phenoxy) is 1. The molecule has 1 saturated carbocycles. The van der Waals surface area contributed by atoms with Gasteiger partial charge in [0.25, 0.3) is 0 Å². The van der Waals surface area contributed by atoms with E-state index in [9.17, 15) is 4.79 Å². The Bertz CT molecular complexity index is 227. The van der Waals surface area contributed by atoms with Gasteiger partial charge in [0, 0.05) is 0 Å². The number of methoxy groups -OCH3 is 1. The largest absolute Gasteiger partial charge is 0.469 e. The maximum absolute atomic E-state index is 11.5. The Kier molecular flexibility index (Phi) is 3.80. The van der Waals surface area contributed by atoms with Gasteiger partial charge in [-0.2, -0.15) is 0 Å². The average Bonchev–Trinajstić information content (AvgIpc) is 2.15. The van der Waals surface area contributed by atoms with Gasteiger partial charge in [0.2, 0.25) is 0 Å². The molecule has 0 spiro atoms. The van der Waals surface area contributed by atoms with Gasteiger partial charge < -0.3 is 4.74 Å². The molecule has 88 valence electrons. The lowest BCUT2D eigenvalue weighted by Crippen LogP contribution is -2.34. The molecule has 1 fully saturated rings. The minimum Gasteiger partial charge on any atom is -0.469 e. The average molecular weight is 212 g/mol. The fourth-order valence-corrected chi connectivity index (χ4v) is 2.68. The molecule has 1 aliphatic rings. The fraction of sp³-hybridized carbons (Fsp3) is 0.923. The normalized spacial score (nSPS) is 32.5. The third-order valence-corrected chi connectivity index (χ3v) is 3.90. The summed E-state index contributed by atoms with van der Waals surface area (Å²) in [5.74, 6) is 1.33. The zero-order valence-corrected chi connectivity index (χ0v) is 10.7. The van der Waals surface area contributed by atoms with Crippen molar-refractivity contribution in [1.29, 1.82) is 0 Å². The molecule has 0 aromatic carbocycles. The first-order valence-corrected chi connectivity index (χ1v) is 5.94. The fourth-order valence-electron chi connectivity index (χ4n) is 2.68. The van der Waals surface area contributed by atoms with Crippen molar-refractivity contribution < 1.29 is 9.53 Å². The van der Waals surface area contributed by atoms with Crippen molar-refractivity contribution in [2.45, 2.75) is 47.0 Å². The molecule has 1 rings (SSSR count). The van der Waals surface area contributed by atoms with Crippen LogP contribution in [0.4, 0.5) is 0 Å². The molecular weight excluding hydrogens is 188 g/mol. The van der Waals surface area contributed by atoms with Gasteiger partial charge in [-0.15, -0.1) is 0 Å². The molecule has 0 aromatic rings. The number of rotatable bonds is 1. The van der Waals surface area contributed by atoms with Crippen LogP contribution < -0.4 is 0 Å². The van der Waals surface area contributed by atoms with E-state index in [-0.39, 0.29) is 11.9 Å². The number of hydrogen-bond acceptors (Lipinski definition) is 2. The van der Waals surface area contributed by atoms with Crippen LogP contribution in [0.15, 0.2) is 0 Å². The lowest BCUT2D eigenvalue weighted by Gasteiger charge is -2.39. The molecule has 0 N–H and O–H groups in total. The van der Waals surface area contributed by atoms with Gasteiger partial charge in [-0.1, -0.05) is 27.7 Å². The molecule has 3 atom stereocenters. The highest BCUT2D eigenvalue weighted by molar-refractivity contribution is 5.72. The number of esters is 1. The first-order chi connectivity index (χ1) is 6.86.